The lowest BCUT2D eigenvalue weighted by Crippen LogP contribution is -2.10. The minimum absolute atomic E-state index is 0.213. The van der Waals surface area contributed by atoms with Crippen LogP contribution in [0.25, 0.3) is 0 Å². The molecule has 0 spiro atoms. The molecule has 0 bridgehead atoms. The van der Waals surface area contributed by atoms with Crippen molar-refractivity contribution in [3.05, 3.63) is 24.0 Å². The average Bonchev–Trinajstić information content (AvgIpc) is 2.13. The van der Waals surface area contributed by atoms with Gasteiger partial charge < -0.3 is 5.84 Å². The molecule has 1 rings (SSSR count). The lowest BCUT2D eigenvalue weighted by molar-refractivity contribution is 0.888. The van der Waals surface area contributed by atoms with Gasteiger partial charge in [-0.15, -0.1) is 0 Å². The maximum absolute atomic E-state index is 5.51. The van der Waals surface area contributed by atoms with E-state index >= 15 is 0 Å². The zero-order valence-corrected chi connectivity index (χ0v) is 6.18. The molecule has 1 unspecified atom stereocenters. The van der Waals surface area contributed by atoms with Crippen molar-refractivity contribution in [3.8, 4) is 0 Å². The Morgan fingerprint density at radius 3 is 2.67 bits per heavy atom. The van der Waals surface area contributed by atoms with Crippen LogP contribution in [0.15, 0.2) is 18.3 Å². The van der Waals surface area contributed by atoms with Gasteiger partial charge in [0.2, 0.25) is 0 Å². The number of nitrogens with zero attached hydrogens (tertiary/aromatic N) is 1. The number of rotatable bonds is 1. The van der Waals surface area contributed by atoms with E-state index in [1.807, 2.05) is 25.3 Å². The normalized spacial score (nSPS) is 13.6. The Kier molecular flexibility index (Phi) is 1.71. The summed E-state index contributed by atoms with van der Waals surface area (Å²) in [7, 11) is 0. The summed E-state index contributed by atoms with van der Waals surface area (Å²) in [4.78, 5) is 0. The molecule has 0 radical (unpaired) electrons. The molecule has 0 amide bonds. The molecule has 1 heterocycles. The Bertz CT molecular complexity index is 193. The third-order valence-corrected chi connectivity index (χ3v) is 1.50. The maximum atomic E-state index is 5.51. The fourth-order valence-corrected chi connectivity index (χ4v) is 0.981. The Hall–Kier alpha value is -0.570. The van der Waals surface area contributed by atoms with E-state index in [1.54, 1.807) is 4.68 Å². The fourth-order valence-electron chi connectivity index (χ4n) is 0.761. The molecule has 1 aromatic rings. The van der Waals surface area contributed by atoms with Crippen LogP contribution in [-0.4, -0.2) is 4.68 Å². The molecular weight excluding hydrogens is 132 g/mol. The topological polar surface area (TPSA) is 30.9 Å². The number of nitrogen functional groups attached to an aromatic ring is 1. The summed E-state index contributed by atoms with van der Waals surface area (Å²) in [5.74, 6) is 5.51. The smallest absolute Gasteiger partial charge is 0.0516 e. The summed E-state index contributed by atoms with van der Waals surface area (Å²) in [5, 5.41) is 0.213. The summed E-state index contributed by atoms with van der Waals surface area (Å²) in [6.07, 6.45) is 1.81. The van der Waals surface area contributed by atoms with E-state index in [4.69, 9.17) is 5.84 Å². The zero-order chi connectivity index (χ0) is 6.85. The largest absolute Gasteiger partial charge is 0.339 e. The molecule has 1 atom stereocenters. The van der Waals surface area contributed by atoms with Gasteiger partial charge in [0.1, 0.15) is 0 Å². The molecule has 0 aromatic carbocycles. The van der Waals surface area contributed by atoms with Gasteiger partial charge in [-0.25, -0.2) is 0 Å². The fraction of sp³-hybridized carbons (Fsp3) is 0.333. The Balaban J connectivity index is 2.94. The molecule has 9 heavy (non-hydrogen) atoms. The second kappa shape index (κ2) is 2.35. The van der Waals surface area contributed by atoms with Crippen LogP contribution in [0.2, 0.25) is 0 Å². The molecule has 1 aromatic heterocycles. The van der Waals surface area contributed by atoms with Gasteiger partial charge in [-0.3, -0.25) is 4.68 Å². The molecule has 0 aliphatic rings. The lowest BCUT2D eigenvalue weighted by Gasteiger charge is -2.03. The van der Waals surface area contributed by atoms with Crippen LogP contribution < -0.4 is 5.84 Å². The van der Waals surface area contributed by atoms with E-state index in [0.29, 0.717) is 0 Å². The highest BCUT2D eigenvalue weighted by atomic mass is 32.1. The van der Waals surface area contributed by atoms with E-state index in [1.165, 1.54) is 0 Å². The summed E-state index contributed by atoms with van der Waals surface area (Å²) in [6.45, 7) is 1.99. The van der Waals surface area contributed by atoms with Gasteiger partial charge in [0, 0.05) is 11.4 Å². The third-order valence-electron chi connectivity index (χ3n) is 1.24. The summed E-state index contributed by atoms with van der Waals surface area (Å²) < 4.78 is 1.58. The molecule has 2 N–H and O–H groups in total. The molecule has 0 aliphatic carbocycles. The summed E-state index contributed by atoms with van der Waals surface area (Å²) in [6, 6.07) is 3.86. The van der Waals surface area contributed by atoms with Gasteiger partial charge in [0.15, 0.2) is 0 Å². The van der Waals surface area contributed by atoms with Crippen LogP contribution in [0.1, 0.15) is 17.9 Å². The number of aromatic nitrogens is 1. The third kappa shape index (κ3) is 1.21. The van der Waals surface area contributed by atoms with Crippen LogP contribution in [0.5, 0.6) is 0 Å². The standard InChI is InChI=1S/C6H10N2S/c1-5(9)6-3-2-4-8(6)7/h2-5,9H,7H2,1H3. The highest BCUT2D eigenvalue weighted by Crippen LogP contribution is 2.16. The molecule has 3 heteroatoms. The Morgan fingerprint density at radius 2 is 2.44 bits per heavy atom. The molecule has 0 fully saturated rings. The first kappa shape index (κ1) is 6.55. The summed E-state index contributed by atoms with van der Waals surface area (Å²) >= 11 is 4.22. The number of hydrogen-bond donors (Lipinski definition) is 2. The summed E-state index contributed by atoms with van der Waals surface area (Å²) in [5.41, 5.74) is 1.04. The molecule has 0 saturated heterocycles. The van der Waals surface area contributed by atoms with Crippen LogP contribution in [0.3, 0.4) is 0 Å². The predicted molar refractivity (Wildman–Crippen MR) is 42.0 cm³/mol. The Morgan fingerprint density at radius 1 is 1.78 bits per heavy atom. The zero-order valence-electron chi connectivity index (χ0n) is 5.28. The van der Waals surface area contributed by atoms with Crippen molar-refractivity contribution in [1.29, 1.82) is 0 Å². The highest BCUT2D eigenvalue weighted by Gasteiger charge is 2.01. The maximum Gasteiger partial charge on any atom is 0.0516 e. The van der Waals surface area contributed by atoms with Crippen LogP contribution in [0, 0.1) is 0 Å². The first-order valence-corrected chi connectivity index (χ1v) is 3.34. The minimum Gasteiger partial charge on any atom is -0.339 e. The molecular formula is C6H10N2S. The van der Waals surface area contributed by atoms with Gasteiger partial charge in [-0.05, 0) is 19.1 Å². The number of thiol groups is 1. The van der Waals surface area contributed by atoms with Crippen molar-refractivity contribution < 1.29 is 0 Å². The van der Waals surface area contributed by atoms with Gasteiger partial charge in [0.05, 0.1) is 5.69 Å². The van der Waals surface area contributed by atoms with Gasteiger partial charge in [-0.2, -0.15) is 12.6 Å². The second-order valence-corrected chi connectivity index (χ2v) is 2.79. The van der Waals surface area contributed by atoms with Crippen molar-refractivity contribution in [3.63, 3.8) is 0 Å². The monoisotopic (exact) mass is 142 g/mol. The van der Waals surface area contributed by atoms with Gasteiger partial charge >= 0.3 is 0 Å². The SMILES string of the molecule is CC(S)c1cccn1N. The number of hydrogen-bond acceptors (Lipinski definition) is 2. The molecule has 50 valence electrons. The van der Waals surface area contributed by atoms with Crippen LogP contribution in [0.4, 0.5) is 0 Å². The van der Waals surface area contributed by atoms with E-state index in [2.05, 4.69) is 12.6 Å². The van der Waals surface area contributed by atoms with Gasteiger partial charge in [-0.1, -0.05) is 0 Å². The van der Waals surface area contributed by atoms with Crippen molar-refractivity contribution in [1.82, 2.24) is 4.68 Å². The lowest BCUT2D eigenvalue weighted by atomic mass is 10.3. The first-order valence-electron chi connectivity index (χ1n) is 2.82. The highest BCUT2D eigenvalue weighted by molar-refractivity contribution is 7.80. The van der Waals surface area contributed by atoms with Crippen LogP contribution in [-0.2, 0) is 0 Å². The second-order valence-electron chi connectivity index (χ2n) is 2.02. The predicted octanol–water partition coefficient (Wildman–Crippen LogP) is 1.19. The van der Waals surface area contributed by atoms with Crippen molar-refractivity contribution in [2.75, 3.05) is 5.84 Å². The van der Waals surface area contributed by atoms with Gasteiger partial charge in [0.25, 0.3) is 0 Å². The van der Waals surface area contributed by atoms with Crippen molar-refractivity contribution in [2.24, 2.45) is 0 Å². The quantitative estimate of drug-likeness (QED) is 0.448. The van der Waals surface area contributed by atoms with E-state index in [0.717, 1.165) is 5.69 Å². The van der Waals surface area contributed by atoms with E-state index in [-0.39, 0.29) is 5.25 Å². The van der Waals surface area contributed by atoms with Crippen LogP contribution >= 0.6 is 12.6 Å². The first-order chi connectivity index (χ1) is 4.22. The molecule has 0 aliphatic heterocycles. The molecule has 0 saturated carbocycles. The number of nitrogens with two attached hydrogens (primary N) is 1. The van der Waals surface area contributed by atoms with Crippen molar-refractivity contribution in [2.45, 2.75) is 12.2 Å². The van der Waals surface area contributed by atoms with E-state index < -0.39 is 0 Å². The minimum atomic E-state index is 0.213. The van der Waals surface area contributed by atoms with E-state index in [9.17, 15) is 0 Å². The molecule has 2 nitrogen and oxygen atoms in total. The van der Waals surface area contributed by atoms with Crippen molar-refractivity contribution >= 4 is 12.6 Å². The average molecular weight is 142 g/mol. The Labute approximate surface area is 60.0 Å².